The normalized spacial score (nSPS) is 15.0. The molecule has 2 aromatic rings. The van der Waals surface area contributed by atoms with Gasteiger partial charge in [-0.05, 0) is 69.9 Å². The zero-order chi connectivity index (χ0) is 28.9. The van der Waals surface area contributed by atoms with Crippen LogP contribution in [-0.2, 0) is 14.4 Å². The Morgan fingerprint density at radius 2 is 1.92 bits per heavy atom. The number of carbonyl (C=O) groups is 4. The van der Waals surface area contributed by atoms with Crippen molar-refractivity contribution in [2.75, 3.05) is 37.7 Å². The highest BCUT2D eigenvalue weighted by atomic mass is 31.1. The van der Waals surface area contributed by atoms with Crippen LogP contribution in [0.2, 0.25) is 0 Å². The monoisotopic (exact) mass is 557 g/mol. The zero-order valence-corrected chi connectivity index (χ0v) is 24.1. The number of nitrogens with one attached hydrogen (secondary N) is 2. The summed E-state index contributed by atoms with van der Waals surface area (Å²) < 4.78 is 14.2. The molecular formula is C28H37FN5O4P. The van der Waals surface area contributed by atoms with E-state index in [1.807, 2.05) is 0 Å². The van der Waals surface area contributed by atoms with Crippen molar-refractivity contribution in [2.45, 2.75) is 46.6 Å². The molecule has 0 saturated carbocycles. The van der Waals surface area contributed by atoms with Crippen LogP contribution in [0.1, 0.15) is 59.6 Å². The third kappa shape index (κ3) is 6.69. The maximum atomic E-state index is 14.2. The molecule has 0 saturated heterocycles. The van der Waals surface area contributed by atoms with Crippen LogP contribution in [0.4, 0.5) is 10.1 Å². The number of aromatic amines is 1. The maximum absolute atomic E-state index is 14.2. The molecule has 0 spiro atoms. The molecule has 210 valence electrons. The molecule has 4 N–H and O–H groups in total. The van der Waals surface area contributed by atoms with Crippen LogP contribution >= 0.6 is 8.58 Å². The highest BCUT2D eigenvalue weighted by Crippen LogP contribution is 2.39. The summed E-state index contributed by atoms with van der Waals surface area (Å²) in [5.74, 6) is -2.09. The van der Waals surface area contributed by atoms with E-state index in [1.165, 1.54) is 24.3 Å². The predicted molar refractivity (Wildman–Crippen MR) is 154 cm³/mol. The molecule has 0 bridgehead atoms. The Kier molecular flexibility index (Phi) is 10.3. The molecule has 9 nitrogen and oxygen atoms in total. The number of aryl methyl sites for hydroxylation is 1. The molecule has 11 heteroatoms. The minimum atomic E-state index is -1.06. The lowest BCUT2D eigenvalue weighted by molar-refractivity contribution is -0.124. The van der Waals surface area contributed by atoms with E-state index in [9.17, 15) is 23.6 Å². The average molecular weight is 558 g/mol. The van der Waals surface area contributed by atoms with Gasteiger partial charge in [-0.25, -0.2) is 9.29 Å². The van der Waals surface area contributed by atoms with Gasteiger partial charge in [-0.1, -0.05) is 22.4 Å². The van der Waals surface area contributed by atoms with Crippen molar-refractivity contribution in [3.05, 3.63) is 52.1 Å². The fourth-order valence-electron chi connectivity index (χ4n) is 4.68. The molecule has 1 unspecified atom stereocenters. The van der Waals surface area contributed by atoms with Crippen molar-refractivity contribution in [3.8, 4) is 0 Å². The van der Waals surface area contributed by atoms with Crippen LogP contribution in [0.15, 0.2) is 18.2 Å². The number of aromatic nitrogens is 1. The number of nitrogens with two attached hydrogens (primary N) is 1. The van der Waals surface area contributed by atoms with E-state index in [-0.39, 0.29) is 49.7 Å². The van der Waals surface area contributed by atoms with Crippen LogP contribution < -0.4 is 16.0 Å². The van der Waals surface area contributed by atoms with Crippen molar-refractivity contribution in [1.29, 1.82) is 0 Å². The number of H-pyrrole nitrogens is 1. The Labute approximate surface area is 230 Å². The van der Waals surface area contributed by atoms with Crippen LogP contribution in [-0.4, -0.2) is 72.0 Å². The molecule has 3 rings (SSSR count). The summed E-state index contributed by atoms with van der Waals surface area (Å²) in [4.78, 5) is 57.7. The molecule has 3 amide bonds. The standard InChI is InChI=1S/C28H37FN5O4P/c1-6-33(7-2)13-12-31-26(36)25-16(3)22(32-17(25)4)15-20-19-14-18(29)8-10-23(19)34(27(20)37)28(38)21(30)9-11-24(35)39-5/h8,10,14-15,21,32,39H,6-7,9,11-13,30H2,1-5H3,(H,31,36)/b20-15-/t21-/m0/s1. The lowest BCUT2D eigenvalue weighted by Crippen LogP contribution is -2.45. The first-order valence-corrected chi connectivity index (χ1v) is 14.6. The minimum Gasteiger partial charge on any atom is -0.358 e. The number of amides is 3. The molecule has 2 atom stereocenters. The smallest absolute Gasteiger partial charge is 0.265 e. The van der Waals surface area contributed by atoms with E-state index in [1.54, 1.807) is 20.5 Å². The Balaban J connectivity index is 1.91. The Morgan fingerprint density at radius 3 is 2.56 bits per heavy atom. The predicted octanol–water partition coefficient (Wildman–Crippen LogP) is 3.20. The Bertz CT molecular complexity index is 1300. The van der Waals surface area contributed by atoms with Gasteiger partial charge in [0, 0.05) is 36.5 Å². The minimum absolute atomic E-state index is 0.000427. The van der Waals surface area contributed by atoms with E-state index < -0.39 is 23.7 Å². The second-order valence-corrected chi connectivity index (χ2v) is 10.5. The highest BCUT2D eigenvalue weighted by molar-refractivity contribution is 7.57. The first-order chi connectivity index (χ1) is 18.5. The van der Waals surface area contributed by atoms with Gasteiger partial charge in [0.05, 0.1) is 22.9 Å². The van der Waals surface area contributed by atoms with Gasteiger partial charge in [-0.3, -0.25) is 19.2 Å². The van der Waals surface area contributed by atoms with Crippen molar-refractivity contribution in [2.24, 2.45) is 5.73 Å². The topological polar surface area (TPSA) is 129 Å². The lowest BCUT2D eigenvalue weighted by atomic mass is 10.0. The summed E-state index contributed by atoms with van der Waals surface area (Å²) in [7, 11) is 0.100. The maximum Gasteiger partial charge on any atom is 0.265 e. The van der Waals surface area contributed by atoms with Gasteiger partial charge in [-0.2, -0.15) is 0 Å². The van der Waals surface area contributed by atoms with Gasteiger partial charge in [0.15, 0.2) is 5.52 Å². The first-order valence-electron chi connectivity index (χ1n) is 13.1. The number of halogens is 1. The summed E-state index contributed by atoms with van der Waals surface area (Å²) in [6.07, 6.45) is 1.79. The Hall–Kier alpha value is -3.20. The van der Waals surface area contributed by atoms with E-state index in [0.29, 0.717) is 29.1 Å². The Morgan fingerprint density at radius 1 is 1.23 bits per heavy atom. The van der Waals surface area contributed by atoms with E-state index >= 15 is 0 Å². The third-order valence-electron chi connectivity index (χ3n) is 7.02. The van der Waals surface area contributed by atoms with Crippen LogP contribution in [0.25, 0.3) is 11.6 Å². The lowest BCUT2D eigenvalue weighted by Gasteiger charge is -2.19. The fraction of sp³-hybridized carbons (Fsp3) is 0.429. The summed E-state index contributed by atoms with van der Waals surface area (Å²) in [5, 5.41) is 2.95. The number of anilines is 1. The van der Waals surface area contributed by atoms with Gasteiger partial charge in [0.1, 0.15) is 5.82 Å². The molecule has 1 aliphatic rings. The van der Waals surface area contributed by atoms with Gasteiger partial charge in [0.25, 0.3) is 17.7 Å². The van der Waals surface area contributed by atoms with Crippen molar-refractivity contribution < 1.29 is 23.6 Å². The second kappa shape index (κ2) is 13.2. The van der Waals surface area contributed by atoms with Gasteiger partial charge < -0.3 is 20.9 Å². The number of nitrogens with zero attached hydrogens (tertiary/aromatic N) is 2. The SMILES string of the molecule is CCN(CC)CCNC(=O)c1c(C)[nH]c(/C=C2\C(=O)N(C(=O)[C@@H](N)CCC(=O)PC)c3ccc(F)cc32)c1C. The number of hydrogen-bond donors (Lipinski definition) is 3. The molecule has 2 heterocycles. The van der Waals surface area contributed by atoms with E-state index in [4.69, 9.17) is 5.73 Å². The largest absolute Gasteiger partial charge is 0.358 e. The van der Waals surface area contributed by atoms with E-state index in [0.717, 1.165) is 24.5 Å². The summed E-state index contributed by atoms with van der Waals surface area (Å²) in [5.41, 5.74) is 8.89. The molecule has 1 aromatic heterocycles. The molecule has 1 aliphatic heterocycles. The zero-order valence-electron chi connectivity index (χ0n) is 23.1. The first kappa shape index (κ1) is 30.3. The number of fused-ring (bicyclic) bond motifs is 1. The van der Waals surface area contributed by atoms with Crippen molar-refractivity contribution in [1.82, 2.24) is 15.2 Å². The van der Waals surface area contributed by atoms with Crippen LogP contribution in [0, 0.1) is 19.7 Å². The average Bonchev–Trinajstić information content (AvgIpc) is 3.35. The molecule has 0 aliphatic carbocycles. The molecule has 1 aromatic carbocycles. The number of benzene rings is 1. The van der Waals surface area contributed by atoms with Gasteiger partial charge >= 0.3 is 0 Å². The third-order valence-corrected chi connectivity index (χ3v) is 7.83. The molecule has 39 heavy (non-hydrogen) atoms. The van der Waals surface area contributed by atoms with Crippen LogP contribution in [0.5, 0.6) is 0 Å². The van der Waals surface area contributed by atoms with E-state index in [2.05, 4.69) is 29.0 Å². The van der Waals surface area contributed by atoms with Crippen molar-refractivity contribution >= 4 is 49.2 Å². The quantitative estimate of drug-likeness (QED) is 0.272. The number of imide groups is 1. The molecular weight excluding hydrogens is 520 g/mol. The fourth-order valence-corrected chi connectivity index (χ4v) is 5.08. The van der Waals surface area contributed by atoms with Gasteiger partial charge in [-0.15, -0.1) is 0 Å². The number of hydrogen-bond acceptors (Lipinski definition) is 6. The van der Waals surface area contributed by atoms with Crippen molar-refractivity contribution in [3.63, 3.8) is 0 Å². The summed E-state index contributed by atoms with van der Waals surface area (Å²) >= 11 is 0. The second-order valence-electron chi connectivity index (χ2n) is 9.46. The molecule has 0 fully saturated rings. The van der Waals surface area contributed by atoms with Gasteiger partial charge in [0.2, 0.25) is 0 Å². The molecule has 0 radical (unpaired) electrons. The summed E-state index contributed by atoms with van der Waals surface area (Å²) in [6, 6.07) is 2.68. The summed E-state index contributed by atoms with van der Waals surface area (Å²) in [6.45, 7) is 12.4. The number of likely N-dealkylation sites (N-methyl/N-ethyl adjacent to an activating group) is 1. The number of carbonyl (C=O) groups excluding carboxylic acids is 4. The van der Waals surface area contributed by atoms with Crippen LogP contribution in [0.3, 0.4) is 0 Å². The highest BCUT2D eigenvalue weighted by Gasteiger charge is 2.39. The number of rotatable bonds is 12.